The highest BCUT2D eigenvalue weighted by atomic mass is 35.5. The van der Waals surface area contributed by atoms with E-state index in [2.05, 4.69) is 10.6 Å². The van der Waals surface area contributed by atoms with Crippen LogP contribution in [0.15, 0.2) is 18.2 Å². The van der Waals surface area contributed by atoms with Crippen LogP contribution in [0.5, 0.6) is 5.75 Å². The third kappa shape index (κ3) is 4.48. The van der Waals surface area contributed by atoms with E-state index in [9.17, 15) is 9.59 Å². The number of nitrogens with two attached hydrogens (primary N) is 1. The quantitative estimate of drug-likeness (QED) is 0.746. The van der Waals surface area contributed by atoms with Crippen molar-refractivity contribution in [1.29, 1.82) is 0 Å². The largest absolute Gasteiger partial charge is 0.495 e. The maximum Gasteiger partial charge on any atom is 0.227 e. The van der Waals surface area contributed by atoms with Crippen molar-refractivity contribution in [1.82, 2.24) is 0 Å². The van der Waals surface area contributed by atoms with Crippen LogP contribution in [0.1, 0.15) is 39.0 Å². The van der Waals surface area contributed by atoms with Gasteiger partial charge in [-0.25, -0.2) is 0 Å². The number of benzene rings is 1. The fourth-order valence-corrected chi connectivity index (χ4v) is 4.32. The molecule has 3 rings (SSSR count). The summed E-state index contributed by atoms with van der Waals surface area (Å²) in [5.74, 6) is 1.37. The number of carbonyl (C=O) groups excluding carboxylic acids is 2. The van der Waals surface area contributed by atoms with E-state index in [1.165, 1.54) is 13.3 Å². The molecule has 0 aliphatic heterocycles. The maximum atomic E-state index is 12.7. The van der Waals surface area contributed by atoms with Gasteiger partial charge < -0.3 is 21.1 Å². The number of carbonyl (C=O) groups is 2. The molecule has 2 saturated carbocycles. The molecule has 2 aliphatic rings. The zero-order valence-electron chi connectivity index (χ0n) is 15.3. The first-order valence-electron chi connectivity index (χ1n) is 9.00. The zero-order chi connectivity index (χ0) is 18.0. The summed E-state index contributed by atoms with van der Waals surface area (Å²) in [5.41, 5.74) is 7.52. The van der Waals surface area contributed by atoms with Crippen molar-refractivity contribution < 1.29 is 14.3 Å². The van der Waals surface area contributed by atoms with Gasteiger partial charge in [0.05, 0.1) is 12.8 Å². The molecular formula is C19H28ClN3O3. The molecular weight excluding hydrogens is 354 g/mol. The number of methoxy groups -OCH3 is 1. The number of ether oxygens (including phenoxy) is 1. The molecule has 0 saturated heterocycles. The fraction of sp³-hybridized carbons (Fsp3) is 0.579. The lowest BCUT2D eigenvalue weighted by Gasteiger charge is -2.43. The summed E-state index contributed by atoms with van der Waals surface area (Å²) in [6.45, 7) is 1.44. The monoisotopic (exact) mass is 381 g/mol. The molecule has 1 aromatic carbocycles. The summed E-state index contributed by atoms with van der Waals surface area (Å²) in [6, 6.07) is 5.52. The van der Waals surface area contributed by atoms with Gasteiger partial charge in [0.15, 0.2) is 0 Å². The average Bonchev–Trinajstić information content (AvgIpc) is 2.54. The molecule has 2 atom stereocenters. The molecule has 4 N–H and O–H groups in total. The topological polar surface area (TPSA) is 93.4 Å². The van der Waals surface area contributed by atoms with E-state index in [0.717, 1.165) is 25.7 Å². The van der Waals surface area contributed by atoms with Crippen LogP contribution in [0.25, 0.3) is 0 Å². The first-order valence-corrected chi connectivity index (χ1v) is 9.00. The van der Waals surface area contributed by atoms with Crippen LogP contribution >= 0.6 is 12.4 Å². The Balaban J connectivity index is 0.00000243. The Morgan fingerprint density at radius 2 is 1.81 bits per heavy atom. The Morgan fingerprint density at radius 1 is 1.15 bits per heavy atom. The highest BCUT2D eigenvalue weighted by molar-refractivity contribution is 5.95. The Labute approximate surface area is 160 Å². The van der Waals surface area contributed by atoms with Crippen molar-refractivity contribution in [3.63, 3.8) is 0 Å². The second kappa shape index (κ2) is 8.73. The lowest BCUT2D eigenvalue weighted by atomic mass is 9.65. The molecule has 1 aromatic rings. The smallest absolute Gasteiger partial charge is 0.227 e. The van der Waals surface area contributed by atoms with Crippen molar-refractivity contribution in [2.45, 2.75) is 45.1 Å². The molecule has 7 heteroatoms. The van der Waals surface area contributed by atoms with E-state index < -0.39 is 0 Å². The zero-order valence-corrected chi connectivity index (χ0v) is 16.1. The van der Waals surface area contributed by atoms with Gasteiger partial charge in [-0.1, -0.05) is 6.42 Å². The summed E-state index contributed by atoms with van der Waals surface area (Å²) >= 11 is 0. The lowest BCUT2D eigenvalue weighted by molar-refractivity contribution is -0.122. The molecule has 2 bridgehead atoms. The Kier molecular flexibility index (Phi) is 6.89. The summed E-state index contributed by atoms with van der Waals surface area (Å²) in [6.07, 6.45) is 5.25. The number of fused-ring (bicyclic) bond motifs is 2. The highest BCUT2D eigenvalue weighted by Crippen LogP contribution is 2.42. The van der Waals surface area contributed by atoms with Crippen LogP contribution in [-0.2, 0) is 9.59 Å². The number of nitrogens with one attached hydrogen (secondary N) is 2. The lowest BCUT2D eigenvalue weighted by Crippen LogP contribution is -2.48. The summed E-state index contributed by atoms with van der Waals surface area (Å²) in [7, 11) is 1.54. The number of halogens is 1. The van der Waals surface area contributed by atoms with Gasteiger partial charge in [0, 0.05) is 24.6 Å². The SMILES string of the molecule is COc1ccc(NC(=O)C2CC3CCCC(C2)C3N)cc1NC(C)=O.Cl. The van der Waals surface area contributed by atoms with E-state index >= 15 is 0 Å². The second-order valence-corrected chi connectivity index (χ2v) is 7.28. The van der Waals surface area contributed by atoms with Crippen LogP contribution < -0.4 is 21.1 Å². The number of anilines is 2. The van der Waals surface area contributed by atoms with Gasteiger partial charge in [-0.15, -0.1) is 12.4 Å². The number of amides is 2. The molecule has 26 heavy (non-hydrogen) atoms. The summed E-state index contributed by atoms with van der Waals surface area (Å²) in [5, 5.41) is 5.72. The molecule has 6 nitrogen and oxygen atoms in total. The molecule has 0 spiro atoms. The molecule has 0 radical (unpaired) electrons. The predicted molar refractivity (Wildman–Crippen MR) is 105 cm³/mol. The van der Waals surface area contributed by atoms with E-state index in [1.54, 1.807) is 25.3 Å². The van der Waals surface area contributed by atoms with Crippen molar-refractivity contribution >= 4 is 35.6 Å². The Hall–Kier alpha value is -1.79. The summed E-state index contributed by atoms with van der Waals surface area (Å²) < 4.78 is 5.24. The van der Waals surface area contributed by atoms with Crippen molar-refractivity contribution in [3.8, 4) is 5.75 Å². The van der Waals surface area contributed by atoms with Gasteiger partial charge in [-0.2, -0.15) is 0 Å². The minimum absolute atomic E-state index is 0. The minimum Gasteiger partial charge on any atom is -0.495 e. The van der Waals surface area contributed by atoms with Crippen molar-refractivity contribution in [2.75, 3.05) is 17.7 Å². The van der Waals surface area contributed by atoms with Gasteiger partial charge in [-0.05, 0) is 55.7 Å². The van der Waals surface area contributed by atoms with E-state index in [-0.39, 0.29) is 36.2 Å². The van der Waals surface area contributed by atoms with Crippen LogP contribution in [0.4, 0.5) is 11.4 Å². The van der Waals surface area contributed by atoms with Crippen molar-refractivity contribution in [3.05, 3.63) is 18.2 Å². The minimum atomic E-state index is -0.184. The molecule has 144 valence electrons. The third-order valence-electron chi connectivity index (χ3n) is 5.56. The van der Waals surface area contributed by atoms with Crippen LogP contribution in [0, 0.1) is 17.8 Å². The van der Waals surface area contributed by atoms with Crippen LogP contribution in [0.2, 0.25) is 0 Å². The van der Waals surface area contributed by atoms with E-state index in [0.29, 0.717) is 29.0 Å². The molecule has 2 aliphatic carbocycles. The average molecular weight is 382 g/mol. The molecule has 0 heterocycles. The Bertz CT molecular complexity index is 653. The van der Waals surface area contributed by atoms with Gasteiger partial charge in [0.1, 0.15) is 5.75 Å². The normalized spacial score (nSPS) is 27.0. The number of rotatable bonds is 4. The van der Waals surface area contributed by atoms with Gasteiger partial charge in [0.2, 0.25) is 11.8 Å². The fourth-order valence-electron chi connectivity index (χ4n) is 4.32. The summed E-state index contributed by atoms with van der Waals surface area (Å²) in [4.78, 5) is 24.1. The second-order valence-electron chi connectivity index (χ2n) is 7.28. The number of hydrogen-bond donors (Lipinski definition) is 3. The standard InChI is InChI=1S/C19H27N3O3.ClH/c1-11(23)21-16-10-15(6-7-17(16)25-2)22-19(24)14-8-12-4-3-5-13(9-14)18(12)20;/h6-7,10,12-14,18H,3-5,8-9,20H2,1-2H3,(H,21,23)(H,22,24);1H. The molecule has 2 unspecified atom stereocenters. The number of hydrogen-bond acceptors (Lipinski definition) is 4. The highest BCUT2D eigenvalue weighted by Gasteiger charge is 2.40. The van der Waals surface area contributed by atoms with Crippen molar-refractivity contribution in [2.24, 2.45) is 23.5 Å². The first-order chi connectivity index (χ1) is 12.0. The van der Waals surface area contributed by atoms with Crippen LogP contribution in [-0.4, -0.2) is 25.0 Å². The molecule has 2 fully saturated rings. The van der Waals surface area contributed by atoms with E-state index in [1.807, 2.05) is 0 Å². The molecule has 0 aromatic heterocycles. The van der Waals surface area contributed by atoms with Gasteiger partial charge in [-0.3, -0.25) is 9.59 Å². The molecule has 2 amide bonds. The first kappa shape index (κ1) is 20.5. The van der Waals surface area contributed by atoms with Gasteiger partial charge in [0.25, 0.3) is 0 Å². The Morgan fingerprint density at radius 3 is 2.38 bits per heavy atom. The van der Waals surface area contributed by atoms with Gasteiger partial charge >= 0.3 is 0 Å². The predicted octanol–water partition coefficient (Wildman–Crippen LogP) is 3.17. The maximum absolute atomic E-state index is 12.7. The van der Waals surface area contributed by atoms with Crippen LogP contribution in [0.3, 0.4) is 0 Å². The third-order valence-corrected chi connectivity index (χ3v) is 5.56. The van der Waals surface area contributed by atoms with E-state index in [4.69, 9.17) is 10.5 Å².